The van der Waals surface area contributed by atoms with E-state index in [1.54, 1.807) is 11.3 Å². The number of aldehydes is 1. The van der Waals surface area contributed by atoms with Crippen LogP contribution in [0.15, 0.2) is 23.2 Å². The molecule has 0 amide bonds. The van der Waals surface area contributed by atoms with Gasteiger partial charge in [-0.1, -0.05) is 58.6 Å². The van der Waals surface area contributed by atoms with Crippen molar-refractivity contribution in [3.8, 4) is 0 Å². The Labute approximate surface area is 244 Å². The number of carboxylic acid groups (broad SMARTS) is 1. The van der Waals surface area contributed by atoms with Crippen molar-refractivity contribution in [2.24, 2.45) is 51.8 Å². The quantitative estimate of drug-likeness (QED) is 0.244. The maximum atomic E-state index is 13.9. The van der Waals surface area contributed by atoms with E-state index in [9.17, 15) is 14.7 Å². The molecule has 6 nitrogen and oxygen atoms in total. The molecule has 1 aliphatic heterocycles. The Hall–Kier alpha value is -1.57. The smallest absolute Gasteiger partial charge is 0.315 e. The Morgan fingerprint density at radius 2 is 2.12 bits per heavy atom. The number of aliphatic carboxylic acids is 1. The molecule has 7 heteroatoms. The second kappa shape index (κ2) is 10.3. The van der Waals surface area contributed by atoms with E-state index in [1.165, 1.54) is 0 Å². The van der Waals surface area contributed by atoms with Gasteiger partial charge in [0.25, 0.3) is 0 Å². The van der Waals surface area contributed by atoms with E-state index >= 15 is 0 Å². The molecule has 1 N–H and O–H groups in total. The summed E-state index contributed by atoms with van der Waals surface area (Å²) in [6.45, 7) is 10.4. The molecule has 3 saturated carbocycles. The predicted molar refractivity (Wildman–Crippen MR) is 157 cm³/mol. The first-order chi connectivity index (χ1) is 19.2. The molecule has 1 aromatic heterocycles. The number of allylic oxidation sites excluding steroid dienone is 1. The number of hydrogen-bond donors (Lipinski definition) is 1. The summed E-state index contributed by atoms with van der Waals surface area (Å²) in [6.07, 6.45) is 13.2. The lowest BCUT2D eigenvalue weighted by Gasteiger charge is -2.60. The molecule has 4 aliphatic carbocycles. The Morgan fingerprint density at radius 1 is 1.32 bits per heavy atom. The molecular weight excluding hydrogens is 520 g/mol. The molecule has 1 saturated heterocycles. The summed E-state index contributed by atoms with van der Waals surface area (Å²) in [5, 5.41) is 14.5. The highest BCUT2D eigenvalue weighted by Crippen LogP contribution is 2.84. The van der Waals surface area contributed by atoms with Crippen LogP contribution in [0.3, 0.4) is 0 Å². The molecule has 4 fully saturated rings. The van der Waals surface area contributed by atoms with Crippen molar-refractivity contribution >= 4 is 23.6 Å². The van der Waals surface area contributed by atoms with Crippen LogP contribution in [0.2, 0.25) is 0 Å². The summed E-state index contributed by atoms with van der Waals surface area (Å²) in [7, 11) is 2.15. The number of rotatable bonds is 11. The van der Waals surface area contributed by atoms with Crippen molar-refractivity contribution in [3.05, 3.63) is 28.2 Å². The van der Waals surface area contributed by atoms with Crippen LogP contribution in [0.1, 0.15) is 84.1 Å². The van der Waals surface area contributed by atoms with Crippen LogP contribution < -0.4 is 0 Å². The number of nitrogens with zero attached hydrogens (tertiary/aromatic N) is 2. The van der Waals surface area contributed by atoms with Crippen LogP contribution in [0.4, 0.5) is 0 Å². The molecule has 1 aromatic rings. The van der Waals surface area contributed by atoms with Gasteiger partial charge >= 0.3 is 5.97 Å². The van der Waals surface area contributed by atoms with E-state index in [0.29, 0.717) is 24.2 Å². The monoisotopic (exact) mass is 568 g/mol. The van der Waals surface area contributed by atoms with Crippen LogP contribution in [0.5, 0.6) is 0 Å². The van der Waals surface area contributed by atoms with Crippen LogP contribution >= 0.6 is 11.3 Å². The molecule has 0 spiro atoms. The molecule has 10 atom stereocenters. The topological polar surface area (TPSA) is 79.7 Å². The zero-order chi connectivity index (χ0) is 28.4. The molecule has 220 valence electrons. The highest BCUT2D eigenvalue weighted by atomic mass is 32.1. The van der Waals surface area contributed by atoms with Crippen LogP contribution in [-0.4, -0.2) is 53.0 Å². The third kappa shape index (κ3) is 3.68. The molecule has 0 aromatic carbocycles. The van der Waals surface area contributed by atoms with Gasteiger partial charge in [0, 0.05) is 23.5 Å². The van der Waals surface area contributed by atoms with Crippen LogP contribution in [0, 0.1) is 51.8 Å². The van der Waals surface area contributed by atoms with Gasteiger partial charge in [0.2, 0.25) is 0 Å². The third-order valence-electron chi connectivity index (χ3n) is 12.3. The second-order valence-corrected chi connectivity index (χ2v) is 15.3. The summed E-state index contributed by atoms with van der Waals surface area (Å²) in [5.74, 6) is 0.889. The van der Waals surface area contributed by atoms with Crippen molar-refractivity contribution in [1.29, 1.82) is 0 Å². The van der Waals surface area contributed by atoms with Gasteiger partial charge in [-0.25, -0.2) is 4.98 Å². The number of unbranched alkanes of at least 4 members (excludes halogenated alkanes) is 1. The lowest BCUT2D eigenvalue weighted by Crippen LogP contribution is -2.65. The molecule has 5 aliphatic rings. The molecule has 40 heavy (non-hydrogen) atoms. The lowest BCUT2D eigenvalue weighted by molar-refractivity contribution is -0.197. The largest absolute Gasteiger partial charge is 0.481 e. The Morgan fingerprint density at radius 3 is 2.77 bits per heavy atom. The fourth-order valence-electron chi connectivity index (χ4n) is 10.9. The van der Waals surface area contributed by atoms with Crippen molar-refractivity contribution in [3.63, 3.8) is 0 Å². The van der Waals surface area contributed by atoms with Crippen LogP contribution in [0.25, 0.3) is 0 Å². The first kappa shape index (κ1) is 28.5. The maximum absolute atomic E-state index is 13.9. The molecule has 7 unspecified atom stereocenters. The number of carboxylic acids is 1. The van der Waals surface area contributed by atoms with Crippen LogP contribution in [-0.2, 0) is 20.9 Å². The third-order valence-corrected chi connectivity index (χ3v) is 13.0. The SMILES string of the molecule is CCCCC1CC(C23C[C@@H]4[C@H](C)CC[C@H]4C4(C=O)CC2C=C(C(C)C)C34C(=O)O)OC1CN(C)Cc1nccs1. The van der Waals surface area contributed by atoms with Crippen molar-refractivity contribution in [2.75, 3.05) is 13.6 Å². The Balaban J connectivity index is 1.41. The maximum Gasteiger partial charge on any atom is 0.315 e. The van der Waals surface area contributed by atoms with E-state index in [2.05, 4.69) is 50.7 Å². The predicted octanol–water partition coefficient (Wildman–Crippen LogP) is 6.46. The molecule has 6 rings (SSSR count). The Bertz CT molecular complexity index is 1150. The van der Waals surface area contributed by atoms with Gasteiger partial charge in [-0.2, -0.15) is 0 Å². The van der Waals surface area contributed by atoms with Crippen molar-refractivity contribution < 1.29 is 19.4 Å². The minimum Gasteiger partial charge on any atom is -0.481 e. The average molecular weight is 569 g/mol. The number of thiazole rings is 1. The van der Waals surface area contributed by atoms with Gasteiger partial charge in [0.15, 0.2) is 0 Å². The molecular formula is C33H48N2O4S. The standard InChI is InChI=1S/C33H48N2O4S/c1-6-7-8-22-13-28(39-27(22)17-35(5)18-29-34-11-12-40-29)32-16-24-21(4)9-10-25(24)31(19-36)15-23(32)14-26(20(2)3)33(31,32)30(37)38/h11-12,14,19-25,27-28H,6-10,13,15-18H2,1-5H3,(H,37,38)/t21-,22?,23?,24-,25-,27?,28?,31?,32?,33?/m1/s1. The highest BCUT2D eigenvalue weighted by Gasteiger charge is 2.86. The minimum absolute atomic E-state index is 0.0635. The minimum atomic E-state index is -1.16. The number of aromatic nitrogens is 1. The first-order valence-corrected chi connectivity index (χ1v) is 16.7. The number of likely N-dealkylation sites (N-methyl/N-ethyl adjacent to an activating group) is 1. The number of carbonyl (C=O) groups excluding carboxylic acids is 1. The van der Waals surface area contributed by atoms with Crippen molar-refractivity contribution in [1.82, 2.24) is 9.88 Å². The molecule has 4 bridgehead atoms. The molecule has 2 heterocycles. The summed E-state index contributed by atoms with van der Waals surface area (Å²) >= 11 is 1.68. The average Bonchev–Trinajstić information content (AvgIpc) is 3.72. The number of hydrogen-bond acceptors (Lipinski definition) is 6. The Kier molecular flexibility index (Phi) is 7.35. The lowest BCUT2D eigenvalue weighted by atomic mass is 9.41. The summed E-state index contributed by atoms with van der Waals surface area (Å²) < 4.78 is 7.21. The summed E-state index contributed by atoms with van der Waals surface area (Å²) in [4.78, 5) is 34.2. The first-order valence-electron chi connectivity index (χ1n) is 15.8. The zero-order valence-electron chi connectivity index (χ0n) is 25.0. The number of carbonyl (C=O) groups is 2. The second-order valence-electron chi connectivity index (χ2n) is 14.3. The fourth-order valence-corrected chi connectivity index (χ4v) is 11.6. The normalized spacial score (nSPS) is 43.5. The summed E-state index contributed by atoms with van der Waals surface area (Å²) in [6, 6.07) is 0. The van der Waals surface area contributed by atoms with Crippen molar-refractivity contribution in [2.45, 2.75) is 97.8 Å². The zero-order valence-corrected chi connectivity index (χ0v) is 25.8. The van der Waals surface area contributed by atoms with E-state index < -0.39 is 22.2 Å². The van der Waals surface area contributed by atoms with Gasteiger partial charge in [-0.05, 0) is 74.7 Å². The van der Waals surface area contributed by atoms with E-state index in [0.717, 1.165) is 74.9 Å². The fraction of sp³-hybridized carbons (Fsp3) is 0.788. The number of ether oxygens (including phenoxy) is 1. The van der Waals surface area contributed by atoms with E-state index in [-0.39, 0.29) is 30.0 Å². The van der Waals surface area contributed by atoms with Gasteiger partial charge < -0.3 is 14.6 Å². The highest BCUT2D eigenvalue weighted by molar-refractivity contribution is 7.09. The summed E-state index contributed by atoms with van der Waals surface area (Å²) in [5.41, 5.74) is -1.52. The van der Waals surface area contributed by atoms with Gasteiger partial charge in [0.1, 0.15) is 16.7 Å². The molecule has 0 radical (unpaired) electrons. The van der Waals surface area contributed by atoms with Gasteiger partial charge in [0.05, 0.1) is 24.2 Å². The van der Waals surface area contributed by atoms with E-state index in [4.69, 9.17) is 4.74 Å². The van der Waals surface area contributed by atoms with Gasteiger partial charge in [-0.3, -0.25) is 9.69 Å². The van der Waals surface area contributed by atoms with Gasteiger partial charge in [-0.15, -0.1) is 11.3 Å². The number of fused-ring (bicyclic) bond motifs is 2. The van der Waals surface area contributed by atoms with E-state index in [1.807, 2.05) is 11.6 Å².